The quantitative estimate of drug-likeness (QED) is 0.598. The molecule has 0 unspecified atom stereocenters. The molecule has 0 aliphatic carbocycles. The normalized spacial score (nSPS) is 19.4. The first-order valence-electron chi connectivity index (χ1n) is 8.54. The van der Waals surface area contributed by atoms with Crippen LogP contribution in [0.3, 0.4) is 0 Å². The second-order valence-electron chi connectivity index (χ2n) is 7.24. The number of carbonyl (C=O) groups is 1. The van der Waals surface area contributed by atoms with Crippen LogP contribution in [0.2, 0.25) is 0 Å². The molecule has 2 N–H and O–H groups in total. The number of amides is 1. The van der Waals surface area contributed by atoms with Crippen molar-refractivity contribution in [2.45, 2.75) is 25.3 Å². The Bertz CT molecular complexity index is 819. The van der Waals surface area contributed by atoms with Gasteiger partial charge in [0, 0.05) is 44.4 Å². The number of halogens is 1. The molecule has 2 atom stereocenters. The van der Waals surface area contributed by atoms with Gasteiger partial charge < -0.3 is 10.6 Å². The Hall–Kier alpha value is -2.45. The van der Waals surface area contributed by atoms with Crippen LogP contribution in [0.25, 0.3) is 0 Å². The molecule has 1 aromatic carbocycles. The number of non-ortho nitro benzene ring substituents is 1. The Morgan fingerprint density at radius 2 is 2.00 bits per heavy atom. The van der Waals surface area contributed by atoms with Crippen LogP contribution in [-0.2, 0) is 17.4 Å². The van der Waals surface area contributed by atoms with Crippen molar-refractivity contribution in [3.63, 3.8) is 0 Å². The molecule has 0 radical (unpaired) electrons. The zero-order valence-electron chi connectivity index (χ0n) is 15.5. The first-order valence-corrected chi connectivity index (χ1v) is 8.54. The molecule has 2 heterocycles. The van der Waals surface area contributed by atoms with Crippen LogP contribution in [0.15, 0.2) is 36.7 Å². The van der Waals surface area contributed by atoms with Crippen molar-refractivity contribution in [2.75, 3.05) is 13.1 Å². The van der Waals surface area contributed by atoms with Crippen molar-refractivity contribution >= 4 is 24.0 Å². The van der Waals surface area contributed by atoms with Gasteiger partial charge in [0.1, 0.15) is 0 Å². The fraction of sp³-hybridized carbons (Fsp3) is 0.444. The minimum absolute atomic E-state index is 0. The van der Waals surface area contributed by atoms with Gasteiger partial charge in [-0.3, -0.25) is 19.6 Å². The molecule has 3 rings (SSSR count). The number of benzene rings is 1. The Morgan fingerprint density at radius 3 is 2.56 bits per heavy atom. The van der Waals surface area contributed by atoms with Gasteiger partial charge in [0.15, 0.2) is 0 Å². The second kappa shape index (κ2) is 8.06. The molecule has 1 saturated heterocycles. The highest BCUT2D eigenvalue weighted by atomic mass is 35.5. The highest BCUT2D eigenvalue weighted by Crippen LogP contribution is 2.30. The van der Waals surface area contributed by atoms with E-state index in [9.17, 15) is 14.9 Å². The maximum Gasteiger partial charge on any atom is 0.269 e. The van der Waals surface area contributed by atoms with Gasteiger partial charge in [0.05, 0.1) is 22.6 Å². The van der Waals surface area contributed by atoms with Crippen molar-refractivity contribution in [2.24, 2.45) is 13.0 Å². The summed E-state index contributed by atoms with van der Waals surface area (Å²) in [6.45, 7) is 5.14. The lowest BCUT2D eigenvalue weighted by molar-refractivity contribution is -0.384. The molecule has 146 valence electrons. The number of aryl methyl sites for hydroxylation is 1. The third-order valence-electron chi connectivity index (χ3n) is 4.94. The van der Waals surface area contributed by atoms with E-state index in [4.69, 9.17) is 0 Å². The zero-order chi connectivity index (χ0) is 18.9. The summed E-state index contributed by atoms with van der Waals surface area (Å²) in [5.41, 5.74) is 1.27. The summed E-state index contributed by atoms with van der Waals surface area (Å²) in [6.07, 6.45) is 3.75. The number of hydrogen-bond acceptors (Lipinski definition) is 5. The Labute approximate surface area is 163 Å². The monoisotopic (exact) mass is 393 g/mol. The first-order chi connectivity index (χ1) is 12.3. The first kappa shape index (κ1) is 20.9. The van der Waals surface area contributed by atoms with Crippen molar-refractivity contribution in [1.29, 1.82) is 0 Å². The predicted octanol–water partition coefficient (Wildman–Crippen LogP) is 2.10. The van der Waals surface area contributed by atoms with Crippen LogP contribution < -0.4 is 10.6 Å². The SMILES string of the molecule is Cl.Cn1cc([C@H]2CNC[C@@H]2C(=O)NC(C)(C)c2ccc([N+](=O)[O-])cc2)cn1. The minimum atomic E-state index is -0.631. The molecule has 0 saturated carbocycles. The van der Waals surface area contributed by atoms with Crippen LogP contribution in [0.4, 0.5) is 5.69 Å². The van der Waals surface area contributed by atoms with Gasteiger partial charge in [0.2, 0.25) is 5.91 Å². The number of nitro groups is 1. The summed E-state index contributed by atoms with van der Waals surface area (Å²) < 4.78 is 1.74. The molecule has 1 aromatic heterocycles. The number of hydrogen-bond donors (Lipinski definition) is 2. The number of aromatic nitrogens is 2. The third kappa shape index (κ3) is 4.45. The maximum atomic E-state index is 12.9. The van der Waals surface area contributed by atoms with Gasteiger partial charge in [-0.05, 0) is 37.1 Å². The molecular weight excluding hydrogens is 370 g/mol. The number of nitrogens with zero attached hydrogens (tertiary/aromatic N) is 3. The van der Waals surface area contributed by atoms with E-state index in [1.54, 1.807) is 23.0 Å². The van der Waals surface area contributed by atoms with Gasteiger partial charge in [-0.25, -0.2) is 0 Å². The van der Waals surface area contributed by atoms with E-state index < -0.39 is 10.5 Å². The van der Waals surface area contributed by atoms with E-state index in [2.05, 4.69) is 15.7 Å². The van der Waals surface area contributed by atoms with E-state index in [0.29, 0.717) is 6.54 Å². The molecule has 1 aliphatic rings. The van der Waals surface area contributed by atoms with E-state index in [-0.39, 0.29) is 35.8 Å². The van der Waals surface area contributed by atoms with Crippen LogP contribution >= 0.6 is 12.4 Å². The van der Waals surface area contributed by atoms with E-state index >= 15 is 0 Å². The summed E-state index contributed by atoms with van der Waals surface area (Å²) in [4.78, 5) is 23.3. The molecular formula is C18H24ClN5O3. The Kier molecular flexibility index (Phi) is 6.22. The lowest BCUT2D eigenvalue weighted by atomic mass is 9.88. The van der Waals surface area contributed by atoms with Gasteiger partial charge in [-0.1, -0.05) is 0 Å². The lowest BCUT2D eigenvalue weighted by Gasteiger charge is -2.29. The highest BCUT2D eigenvalue weighted by molar-refractivity contribution is 5.85. The van der Waals surface area contributed by atoms with Crippen LogP contribution in [0, 0.1) is 16.0 Å². The molecule has 2 aromatic rings. The standard InChI is InChI=1S/C18H23N5O3.ClH/c1-18(2,13-4-6-14(7-5-13)23(25)26)21-17(24)16-10-19-9-15(16)12-8-20-22(3)11-12;/h4-8,11,15-16,19H,9-10H2,1-3H3,(H,21,24);1H/t15-,16+;/m1./s1. The minimum Gasteiger partial charge on any atom is -0.347 e. The number of carbonyl (C=O) groups excluding carboxylic acids is 1. The van der Waals surface area contributed by atoms with Crippen LogP contribution in [0.5, 0.6) is 0 Å². The summed E-state index contributed by atoms with van der Waals surface area (Å²) in [5, 5.41) is 21.4. The lowest BCUT2D eigenvalue weighted by Crippen LogP contribution is -2.45. The van der Waals surface area contributed by atoms with Crippen molar-refractivity contribution in [1.82, 2.24) is 20.4 Å². The van der Waals surface area contributed by atoms with Crippen molar-refractivity contribution < 1.29 is 9.72 Å². The maximum absolute atomic E-state index is 12.9. The van der Waals surface area contributed by atoms with Crippen molar-refractivity contribution in [3.05, 3.63) is 57.9 Å². The van der Waals surface area contributed by atoms with Crippen molar-refractivity contribution in [3.8, 4) is 0 Å². The molecule has 8 nitrogen and oxygen atoms in total. The summed E-state index contributed by atoms with van der Waals surface area (Å²) in [5.74, 6) is -0.139. The molecule has 1 amide bonds. The average Bonchev–Trinajstić information content (AvgIpc) is 3.23. The zero-order valence-corrected chi connectivity index (χ0v) is 16.3. The highest BCUT2D eigenvalue weighted by Gasteiger charge is 2.37. The molecule has 9 heteroatoms. The molecule has 1 aliphatic heterocycles. The average molecular weight is 394 g/mol. The molecule has 0 bridgehead atoms. The summed E-state index contributed by atoms with van der Waals surface area (Å²) in [6, 6.07) is 6.28. The van der Waals surface area contributed by atoms with Crippen LogP contribution in [0.1, 0.15) is 30.9 Å². The topological polar surface area (TPSA) is 102 Å². The van der Waals surface area contributed by atoms with Gasteiger partial charge in [0.25, 0.3) is 5.69 Å². The molecule has 1 fully saturated rings. The van der Waals surface area contributed by atoms with Crippen LogP contribution in [-0.4, -0.2) is 33.7 Å². The largest absolute Gasteiger partial charge is 0.347 e. The van der Waals surface area contributed by atoms with Gasteiger partial charge in [-0.2, -0.15) is 5.10 Å². The number of nitro benzene ring substituents is 1. The molecule has 27 heavy (non-hydrogen) atoms. The Balaban J connectivity index is 0.00000261. The fourth-order valence-electron chi connectivity index (χ4n) is 3.41. The fourth-order valence-corrected chi connectivity index (χ4v) is 3.41. The van der Waals surface area contributed by atoms with E-state index in [1.165, 1.54) is 12.1 Å². The number of rotatable bonds is 5. The molecule has 0 spiro atoms. The Morgan fingerprint density at radius 1 is 1.33 bits per heavy atom. The number of nitrogens with one attached hydrogen (secondary N) is 2. The summed E-state index contributed by atoms with van der Waals surface area (Å²) >= 11 is 0. The van der Waals surface area contributed by atoms with E-state index in [0.717, 1.165) is 17.7 Å². The van der Waals surface area contributed by atoms with Gasteiger partial charge in [-0.15, -0.1) is 12.4 Å². The van der Waals surface area contributed by atoms with Gasteiger partial charge >= 0.3 is 0 Å². The smallest absolute Gasteiger partial charge is 0.269 e. The second-order valence-corrected chi connectivity index (χ2v) is 7.24. The van der Waals surface area contributed by atoms with E-state index in [1.807, 2.05) is 27.1 Å². The predicted molar refractivity (Wildman–Crippen MR) is 104 cm³/mol. The third-order valence-corrected chi connectivity index (χ3v) is 4.94. The summed E-state index contributed by atoms with van der Waals surface area (Å²) in [7, 11) is 1.86.